The second-order valence-corrected chi connectivity index (χ2v) is 6.87. The molecule has 0 N–H and O–H groups in total. The minimum absolute atomic E-state index is 0.279. The highest BCUT2D eigenvalue weighted by atomic mass is 16.5. The van der Waals surface area contributed by atoms with Gasteiger partial charge in [-0.3, -0.25) is 4.79 Å². The van der Waals surface area contributed by atoms with Crippen LogP contribution in [-0.2, 0) is 19.7 Å². The number of esters is 1. The zero-order chi connectivity index (χ0) is 17.1. The van der Waals surface area contributed by atoms with Gasteiger partial charge in [0.05, 0.1) is 18.3 Å². The van der Waals surface area contributed by atoms with Crippen LogP contribution in [0.2, 0.25) is 0 Å². The monoisotopic (exact) mass is 315 g/mol. The number of benzene rings is 1. The molecule has 0 radical (unpaired) electrons. The lowest BCUT2D eigenvalue weighted by Gasteiger charge is -2.46. The van der Waals surface area contributed by atoms with Crippen molar-refractivity contribution < 1.29 is 14.3 Å². The van der Waals surface area contributed by atoms with Gasteiger partial charge in [-0.15, -0.1) is 0 Å². The van der Waals surface area contributed by atoms with Crippen LogP contribution in [0.15, 0.2) is 24.3 Å². The number of carbonyl (C=O) groups is 1. The number of carbonyl (C=O) groups excluding carboxylic acids is 1. The maximum absolute atomic E-state index is 12.4. The van der Waals surface area contributed by atoms with Crippen molar-refractivity contribution in [2.24, 2.45) is 5.92 Å². The summed E-state index contributed by atoms with van der Waals surface area (Å²) >= 11 is 0. The summed E-state index contributed by atoms with van der Waals surface area (Å²) in [7, 11) is 0. The Morgan fingerprint density at radius 2 is 2.04 bits per heavy atom. The molecule has 0 amide bonds. The Morgan fingerprint density at radius 3 is 2.57 bits per heavy atom. The van der Waals surface area contributed by atoms with E-state index in [0.717, 1.165) is 11.1 Å². The van der Waals surface area contributed by atoms with Crippen molar-refractivity contribution in [1.29, 1.82) is 5.26 Å². The average Bonchev–Trinajstić information content (AvgIpc) is 2.47. The Morgan fingerprint density at radius 1 is 1.39 bits per heavy atom. The highest BCUT2D eigenvalue weighted by molar-refractivity contribution is 5.77. The van der Waals surface area contributed by atoms with Crippen LogP contribution >= 0.6 is 0 Å². The summed E-state index contributed by atoms with van der Waals surface area (Å²) in [5.41, 5.74) is 1.21. The Kier molecular flexibility index (Phi) is 5.11. The smallest absolute Gasteiger partial charge is 0.324 e. The highest BCUT2D eigenvalue weighted by Crippen LogP contribution is 2.47. The van der Waals surface area contributed by atoms with Crippen LogP contribution in [0.5, 0.6) is 0 Å². The minimum Gasteiger partial charge on any atom is -0.465 e. The molecule has 124 valence electrons. The van der Waals surface area contributed by atoms with E-state index in [4.69, 9.17) is 9.47 Å². The lowest BCUT2D eigenvalue weighted by atomic mass is 9.62. The summed E-state index contributed by atoms with van der Waals surface area (Å²) in [6, 6.07) is 10.3. The number of ether oxygens (including phenoxy) is 2. The molecule has 1 aromatic carbocycles. The molecule has 0 spiro atoms. The number of aryl methyl sites for hydroxylation is 1. The number of nitriles is 1. The number of nitrogens with zero attached hydrogens (tertiary/aromatic N) is 1. The third-order valence-corrected chi connectivity index (χ3v) is 4.61. The maximum atomic E-state index is 12.4. The van der Waals surface area contributed by atoms with Crippen molar-refractivity contribution in [3.63, 3.8) is 0 Å². The molecule has 1 aliphatic rings. The summed E-state index contributed by atoms with van der Waals surface area (Å²) in [6.45, 7) is 8.61. The minimum atomic E-state index is -0.826. The van der Waals surface area contributed by atoms with E-state index in [9.17, 15) is 10.1 Å². The Balaban J connectivity index is 2.52. The normalized spacial score (nSPS) is 24.5. The lowest BCUT2D eigenvalue weighted by Crippen LogP contribution is -2.50. The van der Waals surface area contributed by atoms with Crippen LogP contribution in [0.25, 0.3) is 0 Å². The fourth-order valence-corrected chi connectivity index (χ4v) is 3.58. The molecule has 1 heterocycles. The van der Waals surface area contributed by atoms with Crippen LogP contribution in [0, 0.1) is 24.2 Å². The van der Waals surface area contributed by atoms with Crippen molar-refractivity contribution in [3.05, 3.63) is 35.4 Å². The molecule has 2 rings (SSSR count). The zero-order valence-corrected chi connectivity index (χ0v) is 14.4. The Bertz CT molecular complexity index is 600. The first-order chi connectivity index (χ1) is 10.8. The molecule has 2 atom stereocenters. The van der Waals surface area contributed by atoms with Gasteiger partial charge in [-0.2, -0.15) is 5.26 Å². The van der Waals surface area contributed by atoms with Crippen LogP contribution in [0.4, 0.5) is 0 Å². The van der Waals surface area contributed by atoms with Crippen LogP contribution in [0.1, 0.15) is 44.7 Å². The molecule has 1 aromatic rings. The fourth-order valence-electron chi connectivity index (χ4n) is 3.58. The molecular formula is C19H25NO3. The summed E-state index contributed by atoms with van der Waals surface area (Å²) in [6.07, 6.45) is 1.25. The van der Waals surface area contributed by atoms with E-state index >= 15 is 0 Å². The second kappa shape index (κ2) is 6.72. The zero-order valence-electron chi connectivity index (χ0n) is 14.4. The van der Waals surface area contributed by atoms with Crippen LogP contribution in [0.3, 0.4) is 0 Å². The average molecular weight is 315 g/mol. The summed E-state index contributed by atoms with van der Waals surface area (Å²) in [5, 5.41) is 9.74. The molecule has 0 aliphatic carbocycles. The largest absolute Gasteiger partial charge is 0.465 e. The standard InChI is InChI=1S/C19H25NO3/c1-5-22-17(21)16(12-20)19(10-11-23-18(3,4)13-19)15-8-6-14(2)7-9-15/h6-9,16H,5,10-11,13H2,1-4H3/t16-,19-/m1/s1. The van der Waals surface area contributed by atoms with Crippen molar-refractivity contribution in [1.82, 2.24) is 0 Å². The van der Waals surface area contributed by atoms with Gasteiger partial charge < -0.3 is 9.47 Å². The van der Waals surface area contributed by atoms with Gasteiger partial charge in [-0.1, -0.05) is 29.8 Å². The first-order valence-electron chi connectivity index (χ1n) is 8.12. The summed E-state index contributed by atoms with van der Waals surface area (Å²) in [5.74, 6) is -1.26. The molecule has 1 saturated heterocycles. The van der Waals surface area contributed by atoms with Gasteiger partial charge in [0, 0.05) is 12.0 Å². The highest BCUT2D eigenvalue weighted by Gasteiger charge is 2.51. The van der Waals surface area contributed by atoms with Crippen molar-refractivity contribution in [3.8, 4) is 6.07 Å². The van der Waals surface area contributed by atoms with Gasteiger partial charge in [0.1, 0.15) is 0 Å². The molecule has 0 aromatic heterocycles. The molecule has 0 unspecified atom stereocenters. The predicted octanol–water partition coefficient (Wildman–Crippen LogP) is 3.52. The van der Waals surface area contributed by atoms with Crippen molar-refractivity contribution in [2.75, 3.05) is 13.2 Å². The first-order valence-corrected chi connectivity index (χ1v) is 8.12. The maximum Gasteiger partial charge on any atom is 0.324 e. The first kappa shape index (κ1) is 17.5. The number of hydrogen-bond acceptors (Lipinski definition) is 4. The Hall–Kier alpha value is -1.86. The van der Waals surface area contributed by atoms with E-state index in [0.29, 0.717) is 19.4 Å². The molecule has 0 bridgehead atoms. The van der Waals surface area contributed by atoms with E-state index < -0.39 is 17.3 Å². The quantitative estimate of drug-likeness (QED) is 0.798. The lowest BCUT2D eigenvalue weighted by molar-refractivity contribution is -0.153. The molecule has 1 fully saturated rings. The van der Waals surface area contributed by atoms with Gasteiger partial charge in [-0.25, -0.2) is 0 Å². The second-order valence-electron chi connectivity index (χ2n) is 6.87. The van der Waals surface area contributed by atoms with Gasteiger partial charge in [0.25, 0.3) is 0 Å². The van der Waals surface area contributed by atoms with Gasteiger partial charge in [0.2, 0.25) is 0 Å². The fraction of sp³-hybridized carbons (Fsp3) is 0.579. The van der Waals surface area contributed by atoms with Gasteiger partial charge >= 0.3 is 5.97 Å². The van der Waals surface area contributed by atoms with Gasteiger partial charge in [-0.05, 0) is 46.1 Å². The number of rotatable bonds is 4. The molecular weight excluding hydrogens is 290 g/mol. The summed E-state index contributed by atoms with van der Waals surface area (Å²) in [4.78, 5) is 12.4. The van der Waals surface area contributed by atoms with Crippen molar-refractivity contribution in [2.45, 2.75) is 51.6 Å². The molecule has 4 heteroatoms. The number of hydrogen-bond donors (Lipinski definition) is 0. The predicted molar refractivity (Wildman–Crippen MR) is 87.9 cm³/mol. The van der Waals surface area contributed by atoms with E-state index in [1.807, 2.05) is 45.0 Å². The van der Waals surface area contributed by atoms with E-state index in [1.165, 1.54) is 0 Å². The third-order valence-electron chi connectivity index (χ3n) is 4.61. The van der Waals surface area contributed by atoms with Gasteiger partial charge in [0.15, 0.2) is 5.92 Å². The van der Waals surface area contributed by atoms with E-state index in [-0.39, 0.29) is 12.2 Å². The van der Waals surface area contributed by atoms with Crippen LogP contribution < -0.4 is 0 Å². The molecule has 0 saturated carbocycles. The van der Waals surface area contributed by atoms with Crippen LogP contribution in [-0.4, -0.2) is 24.8 Å². The topological polar surface area (TPSA) is 59.3 Å². The summed E-state index contributed by atoms with van der Waals surface area (Å²) < 4.78 is 11.0. The molecule has 4 nitrogen and oxygen atoms in total. The molecule has 1 aliphatic heterocycles. The third kappa shape index (κ3) is 3.56. The van der Waals surface area contributed by atoms with Crippen molar-refractivity contribution >= 4 is 5.97 Å². The molecule has 23 heavy (non-hydrogen) atoms. The SMILES string of the molecule is CCOC(=O)[C@@H](C#N)[C@]1(c2ccc(C)cc2)CCOC(C)(C)C1. The van der Waals surface area contributed by atoms with E-state index in [2.05, 4.69) is 6.07 Å². The Labute approximate surface area is 138 Å². The van der Waals surface area contributed by atoms with E-state index in [1.54, 1.807) is 6.92 Å².